The second-order valence-corrected chi connectivity index (χ2v) is 5.91. The van der Waals surface area contributed by atoms with Crippen molar-refractivity contribution >= 4 is 0 Å². The molecule has 1 N–H and O–H groups in total. The van der Waals surface area contributed by atoms with Crippen LogP contribution in [0.2, 0.25) is 0 Å². The van der Waals surface area contributed by atoms with Gasteiger partial charge in [-0.3, -0.25) is 0 Å². The van der Waals surface area contributed by atoms with Gasteiger partial charge in [0.2, 0.25) is 11.7 Å². The number of hydrogen-bond acceptors (Lipinski definition) is 5. The second kappa shape index (κ2) is 5.10. The number of rotatable bonds is 2. The summed E-state index contributed by atoms with van der Waals surface area (Å²) in [4.78, 5) is 4.39. The van der Waals surface area contributed by atoms with Gasteiger partial charge in [-0.25, -0.2) is 8.78 Å². The minimum absolute atomic E-state index is 0.194. The van der Waals surface area contributed by atoms with Crippen molar-refractivity contribution in [3.8, 4) is 11.4 Å². The smallest absolute Gasteiger partial charge is 0.237 e. The van der Waals surface area contributed by atoms with Crippen LogP contribution in [-0.4, -0.2) is 36.4 Å². The lowest BCUT2D eigenvalue weighted by Crippen LogP contribution is -2.44. The zero-order valence-electron chi connectivity index (χ0n) is 11.8. The Morgan fingerprint density at radius 2 is 2.05 bits per heavy atom. The molecule has 0 bridgehead atoms. The molecule has 0 unspecified atom stereocenters. The Morgan fingerprint density at radius 1 is 1.23 bits per heavy atom. The highest BCUT2D eigenvalue weighted by atomic mass is 19.1. The predicted octanol–water partition coefficient (Wildman–Crippen LogP) is 1.89. The Balaban J connectivity index is 1.72. The van der Waals surface area contributed by atoms with E-state index in [9.17, 15) is 8.78 Å². The van der Waals surface area contributed by atoms with E-state index in [0.29, 0.717) is 25.0 Å². The Labute approximate surface area is 125 Å². The van der Waals surface area contributed by atoms with Crippen molar-refractivity contribution in [1.29, 1.82) is 0 Å². The quantitative estimate of drug-likeness (QED) is 0.918. The van der Waals surface area contributed by atoms with Crippen molar-refractivity contribution in [2.45, 2.75) is 11.8 Å². The molecule has 0 amide bonds. The fraction of sp³-hybridized carbons (Fsp3) is 0.467. The molecule has 0 spiro atoms. The first-order valence-corrected chi connectivity index (χ1v) is 7.26. The highest BCUT2D eigenvalue weighted by Crippen LogP contribution is 2.40. The number of halogens is 2. The summed E-state index contributed by atoms with van der Waals surface area (Å²) >= 11 is 0. The summed E-state index contributed by atoms with van der Waals surface area (Å²) in [6, 6.07) is 3.20. The molecule has 2 saturated heterocycles. The number of nitrogens with zero attached hydrogens (tertiary/aromatic N) is 2. The lowest BCUT2D eigenvalue weighted by atomic mass is 9.75. The first kappa shape index (κ1) is 13.8. The van der Waals surface area contributed by atoms with Crippen molar-refractivity contribution in [2.24, 2.45) is 5.92 Å². The van der Waals surface area contributed by atoms with Crippen molar-refractivity contribution in [2.75, 3.05) is 26.3 Å². The zero-order chi connectivity index (χ0) is 15.2. The average Bonchev–Trinajstić information content (AvgIpc) is 3.14. The van der Waals surface area contributed by atoms with Gasteiger partial charge in [0.05, 0.1) is 12.0 Å². The Hall–Kier alpha value is -1.86. The van der Waals surface area contributed by atoms with Gasteiger partial charge < -0.3 is 14.6 Å². The number of fused-ring (bicyclic) bond motifs is 1. The molecule has 7 heteroatoms. The monoisotopic (exact) mass is 307 g/mol. The number of aromatic nitrogens is 2. The first-order chi connectivity index (χ1) is 10.7. The Morgan fingerprint density at radius 3 is 2.86 bits per heavy atom. The van der Waals surface area contributed by atoms with E-state index in [-0.39, 0.29) is 16.8 Å². The molecular formula is C15H15F2N3O2. The average molecular weight is 307 g/mol. The van der Waals surface area contributed by atoms with Crippen LogP contribution < -0.4 is 5.32 Å². The van der Waals surface area contributed by atoms with Gasteiger partial charge in [-0.2, -0.15) is 4.98 Å². The van der Waals surface area contributed by atoms with Crippen LogP contribution in [-0.2, 0) is 10.2 Å². The van der Waals surface area contributed by atoms with E-state index in [4.69, 9.17) is 9.26 Å². The number of benzene rings is 1. The molecule has 1 aromatic carbocycles. The van der Waals surface area contributed by atoms with Crippen LogP contribution in [0.5, 0.6) is 0 Å². The van der Waals surface area contributed by atoms with E-state index < -0.39 is 11.6 Å². The van der Waals surface area contributed by atoms with Crippen molar-refractivity contribution in [3.05, 3.63) is 35.7 Å². The zero-order valence-corrected chi connectivity index (χ0v) is 11.8. The third kappa shape index (κ3) is 2.12. The highest BCUT2D eigenvalue weighted by molar-refractivity contribution is 5.54. The van der Waals surface area contributed by atoms with Gasteiger partial charge in [-0.15, -0.1) is 0 Å². The largest absolute Gasteiger partial charge is 0.380 e. The highest BCUT2D eigenvalue weighted by Gasteiger charge is 2.50. The molecule has 2 aliphatic heterocycles. The van der Waals surface area contributed by atoms with Crippen LogP contribution in [0.3, 0.4) is 0 Å². The Bertz CT molecular complexity index is 686. The summed E-state index contributed by atoms with van der Waals surface area (Å²) < 4.78 is 37.7. The number of nitrogens with one attached hydrogen (secondary N) is 1. The summed E-state index contributed by atoms with van der Waals surface area (Å²) in [5.74, 6) is -0.290. The standard InChI is InChI=1S/C15H15F2N3O2/c16-11-3-9(4-12(17)5-11)13-19-14(22-20-13)15-7-18-6-10(15)1-2-21-8-15/h3-5,10,18H,1-2,6-8H2/t10-,15+/m1/s1. The number of hydrogen-bond donors (Lipinski definition) is 1. The summed E-state index contributed by atoms with van der Waals surface area (Å²) in [6.07, 6.45) is 0.930. The van der Waals surface area contributed by atoms with Crippen LogP contribution in [0, 0.1) is 17.6 Å². The predicted molar refractivity (Wildman–Crippen MR) is 73.1 cm³/mol. The van der Waals surface area contributed by atoms with Crippen molar-refractivity contribution in [1.82, 2.24) is 15.5 Å². The fourth-order valence-corrected chi connectivity index (χ4v) is 3.37. The SMILES string of the molecule is Fc1cc(F)cc(-c2noc([C@]34CNC[C@H]3CCOC4)n2)c1. The van der Waals surface area contributed by atoms with Gasteiger partial charge in [0, 0.05) is 24.8 Å². The third-order valence-electron chi connectivity index (χ3n) is 4.56. The van der Waals surface area contributed by atoms with E-state index in [0.717, 1.165) is 25.6 Å². The van der Waals surface area contributed by atoms with Crippen LogP contribution in [0.15, 0.2) is 22.7 Å². The van der Waals surface area contributed by atoms with E-state index >= 15 is 0 Å². The van der Waals surface area contributed by atoms with Gasteiger partial charge >= 0.3 is 0 Å². The molecule has 2 aromatic rings. The molecule has 0 radical (unpaired) electrons. The molecule has 0 saturated carbocycles. The van der Waals surface area contributed by atoms with Gasteiger partial charge in [-0.05, 0) is 31.0 Å². The molecule has 0 aliphatic carbocycles. The minimum Gasteiger partial charge on any atom is -0.380 e. The van der Waals surface area contributed by atoms with Crippen LogP contribution in [0.4, 0.5) is 8.78 Å². The molecule has 1 aromatic heterocycles. The maximum Gasteiger partial charge on any atom is 0.237 e. The van der Waals surface area contributed by atoms with Gasteiger partial charge in [0.25, 0.3) is 0 Å². The fourth-order valence-electron chi connectivity index (χ4n) is 3.37. The minimum atomic E-state index is -0.666. The molecule has 2 atom stereocenters. The number of ether oxygens (including phenoxy) is 1. The lowest BCUT2D eigenvalue weighted by Gasteiger charge is -2.34. The van der Waals surface area contributed by atoms with Gasteiger partial charge in [-0.1, -0.05) is 5.16 Å². The second-order valence-electron chi connectivity index (χ2n) is 5.91. The lowest BCUT2D eigenvalue weighted by molar-refractivity contribution is 0.00198. The van der Waals surface area contributed by atoms with Crippen molar-refractivity contribution in [3.63, 3.8) is 0 Å². The molecular weight excluding hydrogens is 292 g/mol. The molecule has 116 valence electrons. The molecule has 3 heterocycles. The van der Waals surface area contributed by atoms with E-state index in [1.54, 1.807) is 0 Å². The summed E-state index contributed by atoms with van der Waals surface area (Å²) in [7, 11) is 0. The van der Waals surface area contributed by atoms with Crippen LogP contribution in [0.1, 0.15) is 12.3 Å². The molecule has 2 aliphatic rings. The van der Waals surface area contributed by atoms with E-state index in [1.165, 1.54) is 12.1 Å². The van der Waals surface area contributed by atoms with Gasteiger partial charge in [0.15, 0.2) is 0 Å². The molecule has 5 nitrogen and oxygen atoms in total. The first-order valence-electron chi connectivity index (χ1n) is 7.26. The van der Waals surface area contributed by atoms with E-state index in [2.05, 4.69) is 15.5 Å². The third-order valence-corrected chi connectivity index (χ3v) is 4.56. The maximum atomic E-state index is 13.3. The summed E-state index contributed by atoms with van der Waals surface area (Å²) in [6.45, 7) is 2.83. The summed E-state index contributed by atoms with van der Waals surface area (Å²) in [5, 5.41) is 7.24. The topological polar surface area (TPSA) is 60.2 Å². The molecule has 4 rings (SSSR count). The maximum absolute atomic E-state index is 13.3. The Kier molecular flexibility index (Phi) is 3.19. The normalized spacial score (nSPS) is 27.8. The molecule has 22 heavy (non-hydrogen) atoms. The summed E-state index contributed by atoms with van der Waals surface area (Å²) in [5.41, 5.74) is -0.0711. The molecule has 2 fully saturated rings. The van der Waals surface area contributed by atoms with Crippen LogP contribution >= 0.6 is 0 Å². The van der Waals surface area contributed by atoms with E-state index in [1.807, 2.05) is 0 Å². The van der Waals surface area contributed by atoms with Crippen molar-refractivity contribution < 1.29 is 18.0 Å². The van der Waals surface area contributed by atoms with Crippen LogP contribution in [0.25, 0.3) is 11.4 Å². The van der Waals surface area contributed by atoms with Gasteiger partial charge in [0.1, 0.15) is 11.6 Å².